The number of oxazole rings is 1. The number of benzene rings is 1. The predicted molar refractivity (Wildman–Crippen MR) is 89.6 cm³/mol. The van der Waals surface area contributed by atoms with E-state index in [1.54, 1.807) is 11.0 Å². The largest absolute Gasteiger partial charge is 0.439 e. The van der Waals surface area contributed by atoms with Gasteiger partial charge in [0.1, 0.15) is 12.1 Å². The van der Waals surface area contributed by atoms with Gasteiger partial charge in [-0.15, -0.1) is 0 Å². The van der Waals surface area contributed by atoms with Crippen molar-refractivity contribution in [1.82, 2.24) is 9.88 Å². The molecule has 1 amide bonds. The Morgan fingerprint density at radius 1 is 1.39 bits per heavy atom. The molecule has 0 radical (unpaired) electrons. The fourth-order valence-electron chi connectivity index (χ4n) is 2.15. The fourth-order valence-corrected chi connectivity index (χ4v) is 3.09. The molecular formula is C17H18N2O3S. The molecular weight excluding hydrogens is 312 g/mol. The standard InChI is InChI=1S/C17H18N2O3S/c1-17(2,3)13(20)8-16-19(15(21)10-23-16)9-14-18-11-6-4-5-7-12(11)22-14/h4-8H,9-10H2,1-3H3/b16-8-. The summed E-state index contributed by atoms with van der Waals surface area (Å²) in [6.07, 6.45) is 1.55. The number of fused-ring (bicyclic) bond motifs is 1. The summed E-state index contributed by atoms with van der Waals surface area (Å²) in [4.78, 5) is 30.3. The second-order valence-electron chi connectivity index (χ2n) is 6.44. The van der Waals surface area contributed by atoms with Crippen molar-refractivity contribution in [1.29, 1.82) is 0 Å². The summed E-state index contributed by atoms with van der Waals surface area (Å²) in [5.74, 6) is 0.766. The third-order valence-electron chi connectivity index (χ3n) is 3.54. The lowest BCUT2D eigenvalue weighted by molar-refractivity contribution is -0.126. The Labute approximate surface area is 138 Å². The number of nitrogens with zero attached hydrogens (tertiary/aromatic N) is 2. The van der Waals surface area contributed by atoms with Gasteiger partial charge < -0.3 is 4.42 Å². The number of allylic oxidation sites excluding steroid dienone is 1. The lowest BCUT2D eigenvalue weighted by Gasteiger charge is -2.18. The second-order valence-corrected chi connectivity index (χ2v) is 7.44. The van der Waals surface area contributed by atoms with Gasteiger partial charge in [-0.2, -0.15) is 0 Å². The minimum Gasteiger partial charge on any atom is -0.439 e. The van der Waals surface area contributed by atoms with Gasteiger partial charge in [-0.1, -0.05) is 44.7 Å². The fraction of sp³-hybridized carbons (Fsp3) is 0.353. The Hall–Kier alpha value is -2.08. The molecule has 6 heteroatoms. The molecule has 2 aromatic rings. The van der Waals surface area contributed by atoms with Crippen LogP contribution in [-0.4, -0.2) is 27.3 Å². The van der Waals surface area contributed by atoms with Crippen LogP contribution in [0.25, 0.3) is 11.1 Å². The van der Waals surface area contributed by atoms with E-state index in [4.69, 9.17) is 4.42 Å². The van der Waals surface area contributed by atoms with Crippen LogP contribution in [0.2, 0.25) is 0 Å². The molecule has 0 saturated carbocycles. The molecule has 0 bridgehead atoms. The summed E-state index contributed by atoms with van der Waals surface area (Å²) in [6.45, 7) is 5.82. The summed E-state index contributed by atoms with van der Waals surface area (Å²) in [5, 5.41) is 0.664. The van der Waals surface area contributed by atoms with Gasteiger partial charge in [-0.05, 0) is 12.1 Å². The van der Waals surface area contributed by atoms with Gasteiger partial charge in [0, 0.05) is 11.5 Å². The van der Waals surface area contributed by atoms with Crippen LogP contribution in [0.3, 0.4) is 0 Å². The minimum atomic E-state index is -0.470. The number of aromatic nitrogens is 1. The number of thioether (sulfide) groups is 1. The normalized spacial score (nSPS) is 17.4. The van der Waals surface area contributed by atoms with Crippen molar-refractivity contribution < 1.29 is 14.0 Å². The smallest absolute Gasteiger partial charge is 0.238 e. The molecule has 5 nitrogen and oxygen atoms in total. The van der Waals surface area contributed by atoms with Gasteiger partial charge in [-0.3, -0.25) is 14.5 Å². The van der Waals surface area contributed by atoms with E-state index < -0.39 is 5.41 Å². The first kappa shape index (κ1) is 15.8. The van der Waals surface area contributed by atoms with E-state index in [2.05, 4.69) is 4.98 Å². The van der Waals surface area contributed by atoms with Crippen molar-refractivity contribution in [3.63, 3.8) is 0 Å². The number of carbonyl (C=O) groups excluding carboxylic acids is 2. The molecule has 0 N–H and O–H groups in total. The van der Waals surface area contributed by atoms with E-state index >= 15 is 0 Å². The van der Waals surface area contributed by atoms with Gasteiger partial charge in [0.15, 0.2) is 11.4 Å². The van der Waals surface area contributed by atoms with Gasteiger partial charge in [0.05, 0.1) is 10.8 Å². The average molecular weight is 330 g/mol. The number of carbonyl (C=O) groups is 2. The Kier molecular flexibility index (Phi) is 4.02. The van der Waals surface area contributed by atoms with Crippen molar-refractivity contribution in [2.45, 2.75) is 27.3 Å². The van der Waals surface area contributed by atoms with Crippen molar-refractivity contribution in [3.05, 3.63) is 41.3 Å². The number of rotatable bonds is 3. The van der Waals surface area contributed by atoms with Crippen LogP contribution in [0.1, 0.15) is 26.7 Å². The van der Waals surface area contributed by atoms with Crippen LogP contribution in [-0.2, 0) is 16.1 Å². The maximum atomic E-state index is 12.2. The lowest BCUT2D eigenvalue weighted by Crippen LogP contribution is -2.26. The average Bonchev–Trinajstić information content (AvgIpc) is 3.03. The monoisotopic (exact) mass is 330 g/mol. The van der Waals surface area contributed by atoms with E-state index in [1.807, 2.05) is 45.0 Å². The molecule has 1 fully saturated rings. The van der Waals surface area contributed by atoms with Gasteiger partial charge in [-0.25, -0.2) is 4.98 Å². The number of amides is 1. The molecule has 0 spiro atoms. The van der Waals surface area contributed by atoms with E-state index in [9.17, 15) is 9.59 Å². The Bertz CT molecular complexity index is 769. The van der Waals surface area contributed by atoms with Crippen LogP contribution < -0.4 is 0 Å². The van der Waals surface area contributed by atoms with Crippen molar-refractivity contribution in [2.24, 2.45) is 5.41 Å². The molecule has 2 heterocycles. The van der Waals surface area contributed by atoms with Crippen LogP contribution in [0.5, 0.6) is 0 Å². The summed E-state index contributed by atoms with van der Waals surface area (Å²) in [7, 11) is 0. The summed E-state index contributed by atoms with van der Waals surface area (Å²) in [5.41, 5.74) is 0.985. The molecule has 0 aliphatic carbocycles. The Morgan fingerprint density at radius 2 is 2.13 bits per heavy atom. The molecule has 0 unspecified atom stereocenters. The summed E-state index contributed by atoms with van der Waals surface area (Å²) < 4.78 is 5.67. The minimum absolute atomic E-state index is 0.00253. The number of hydrogen-bond acceptors (Lipinski definition) is 5. The molecule has 1 aliphatic heterocycles. The zero-order chi connectivity index (χ0) is 16.6. The first-order chi connectivity index (χ1) is 10.8. The van der Waals surface area contributed by atoms with Crippen molar-refractivity contribution in [3.8, 4) is 0 Å². The number of hydrogen-bond donors (Lipinski definition) is 0. The van der Waals surface area contributed by atoms with E-state index in [-0.39, 0.29) is 18.2 Å². The highest BCUT2D eigenvalue weighted by molar-refractivity contribution is 8.04. The van der Waals surface area contributed by atoms with Crippen LogP contribution in [0, 0.1) is 5.41 Å². The van der Waals surface area contributed by atoms with Crippen LogP contribution in [0.4, 0.5) is 0 Å². The quantitative estimate of drug-likeness (QED) is 0.808. The zero-order valence-corrected chi connectivity index (χ0v) is 14.1. The van der Waals surface area contributed by atoms with Gasteiger partial charge in [0.2, 0.25) is 11.8 Å². The topological polar surface area (TPSA) is 63.4 Å². The highest BCUT2D eigenvalue weighted by Crippen LogP contribution is 2.32. The first-order valence-corrected chi connectivity index (χ1v) is 8.37. The molecule has 1 aromatic carbocycles. The molecule has 3 rings (SSSR count). The van der Waals surface area contributed by atoms with Crippen LogP contribution >= 0.6 is 11.8 Å². The molecule has 0 atom stereocenters. The zero-order valence-electron chi connectivity index (χ0n) is 13.3. The van der Waals surface area contributed by atoms with E-state index in [0.29, 0.717) is 22.3 Å². The maximum absolute atomic E-state index is 12.2. The lowest BCUT2D eigenvalue weighted by atomic mass is 9.91. The third kappa shape index (κ3) is 3.32. The number of ketones is 1. The SMILES string of the molecule is CC(C)(C)C(=O)/C=C1\SCC(=O)N1Cc1nc2ccccc2o1. The summed E-state index contributed by atoms with van der Waals surface area (Å²) in [6, 6.07) is 7.47. The molecule has 1 aliphatic rings. The molecule has 1 saturated heterocycles. The maximum Gasteiger partial charge on any atom is 0.238 e. The molecule has 120 valence electrons. The first-order valence-electron chi connectivity index (χ1n) is 7.38. The Morgan fingerprint density at radius 3 is 2.83 bits per heavy atom. The van der Waals surface area contributed by atoms with Gasteiger partial charge >= 0.3 is 0 Å². The second kappa shape index (κ2) is 5.85. The summed E-state index contributed by atoms with van der Waals surface area (Å²) >= 11 is 1.38. The third-order valence-corrected chi connectivity index (χ3v) is 4.56. The van der Waals surface area contributed by atoms with E-state index in [1.165, 1.54) is 11.8 Å². The van der Waals surface area contributed by atoms with Crippen LogP contribution in [0.15, 0.2) is 39.8 Å². The van der Waals surface area contributed by atoms with Crippen molar-refractivity contribution >= 4 is 34.6 Å². The Balaban J connectivity index is 1.85. The molecule has 1 aromatic heterocycles. The predicted octanol–water partition coefficient (Wildman–Crippen LogP) is 3.36. The highest BCUT2D eigenvalue weighted by Gasteiger charge is 2.30. The highest BCUT2D eigenvalue weighted by atomic mass is 32.2. The number of para-hydroxylation sites is 2. The van der Waals surface area contributed by atoms with E-state index in [0.717, 1.165) is 5.52 Å². The molecule has 23 heavy (non-hydrogen) atoms. The van der Waals surface area contributed by atoms with Gasteiger partial charge in [0.25, 0.3) is 0 Å². The van der Waals surface area contributed by atoms with Crippen molar-refractivity contribution in [2.75, 3.05) is 5.75 Å².